The minimum atomic E-state index is -0.441. The van der Waals surface area contributed by atoms with E-state index in [1.54, 1.807) is 0 Å². The Balaban J connectivity index is 1.63. The van der Waals surface area contributed by atoms with Crippen molar-refractivity contribution in [3.8, 4) is 0 Å². The highest BCUT2D eigenvalue weighted by Gasteiger charge is 2.21. The molecule has 1 saturated carbocycles. The van der Waals surface area contributed by atoms with Crippen molar-refractivity contribution in [2.45, 2.75) is 57.4 Å². The monoisotopic (exact) mass is 453 g/mol. The normalized spacial score (nSPS) is 15.1. The van der Waals surface area contributed by atoms with Crippen LogP contribution in [0.1, 0.15) is 65.9 Å². The number of nitrogens with zero attached hydrogens (tertiary/aromatic N) is 1. The van der Waals surface area contributed by atoms with Crippen LogP contribution < -0.4 is 0 Å². The zero-order valence-corrected chi connectivity index (χ0v) is 18.3. The minimum absolute atomic E-state index is 0.216. The number of carbonyl (C=O) groups is 1. The van der Waals surface area contributed by atoms with Gasteiger partial charge in [-0.25, -0.2) is 0 Å². The maximum atomic E-state index is 12.0. The molecule has 1 aromatic heterocycles. The van der Waals surface area contributed by atoms with Crippen LogP contribution in [-0.4, -0.2) is 22.1 Å². The number of benzene rings is 2. The van der Waals surface area contributed by atoms with Crippen molar-refractivity contribution in [1.82, 2.24) is 4.57 Å². The van der Waals surface area contributed by atoms with Gasteiger partial charge in [0, 0.05) is 33.7 Å². The fourth-order valence-electron chi connectivity index (χ4n) is 4.65. The molecule has 2 aromatic carbocycles. The van der Waals surface area contributed by atoms with Crippen molar-refractivity contribution in [2.75, 3.05) is 6.61 Å². The Labute approximate surface area is 180 Å². The largest absolute Gasteiger partial charge is 0.388 e. The second kappa shape index (κ2) is 9.27. The van der Waals surface area contributed by atoms with Gasteiger partial charge in [-0.3, -0.25) is 4.79 Å². The van der Waals surface area contributed by atoms with E-state index in [1.165, 1.54) is 48.6 Å². The summed E-state index contributed by atoms with van der Waals surface area (Å²) in [5.74, 6) is 0.405. The van der Waals surface area contributed by atoms with Crippen molar-refractivity contribution in [3.05, 3.63) is 69.8 Å². The van der Waals surface area contributed by atoms with Gasteiger partial charge in [0.2, 0.25) is 0 Å². The van der Waals surface area contributed by atoms with E-state index in [0.29, 0.717) is 11.5 Å². The van der Waals surface area contributed by atoms with Crippen LogP contribution in [0, 0.1) is 0 Å². The molecule has 0 bridgehead atoms. The molecule has 0 amide bonds. The number of rotatable bonds is 7. The number of aliphatic hydroxyl groups excluding tert-OH is 1. The molecule has 0 unspecified atom stereocenters. The lowest BCUT2D eigenvalue weighted by Gasteiger charge is -2.21. The van der Waals surface area contributed by atoms with E-state index in [4.69, 9.17) is 0 Å². The Kier molecular flexibility index (Phi) is 6.51. The molecule has 152 valence electrons. The summed E-state index contributed by atoms with van der Waals surface area (Å²) < 4.78 is 3.49. The number of aromatic nitrogens is 1. The molecule has 4 heteroatoms. The van der Waals surface area contributed by atoms with E-state index in [1.807, 2.05) is 18.2 Å². The number of halogens is 1. The van der Waals surface area contributed by atoms with Gasteiger partial charge in [-0.2, -0.15) is 0 Å². The smallest absolute Gasteiger partial charge is 0.188 e. The SMILES string of the molecule is O=C(CO)c1ccc2c(C3CCCCC3)cn(CCCc3ccccc3Br)c2c1. The van der Waals surface area contributed by atoms with Crippen LogP contribution in [-0.2, 0) is 13.0 Å². The third-order valence-corrected chi connectivity index (χ3v) is 7.00. The standard InChI is InChI=1S/C25H28BrNO2/c26-23-11-5-4-9-19(23)10-6-14-27-16-22(18-7-2-1-3-8-18)21-13-12-20(15-24(21)27)25(29)17-28/h4-5,9,11-13,15-16,18,28H,1-3,6-8,10,14,17H2. The Morgan fingerprint density at radius 3 is 2.66 bits per heavy atom. The fourth-order valence-corrected chi connectivity index (χ4v) is 5.13. The Morgan fingerprint density at radius 2 is 1.90 bits per heavy atom. The van der Waals surface area contributed by atoms with E-state index in [0.717, 1.165) is 29.4 Å². The number of aryl methyl sites for hydroxylation is 2. The van der Waals surface area contributed by atoms with Crippen LogP contribution in [0.15, 0.2) is 53.1 Å². The zero-order chi connectivity index (χ0) is 20.2. The van der Waals surface area contributed by atoms with Crippen LogP contribution >= 0.6 is 15.9 Å². The van der Waals surface area contributed by atoms with Gasteiger partial charge in [-0.05, 0) is 54.9 Å². The average Bonchev–Trinajstić information content (AvgIpc) is 3.13. The summed E-state index contributed by atoms with van der Waals surface area (Å²) in [5, 5.41) is 10.5. The second-order valence-corrected chi connectivity index (χ2v) is 8.98. The van der Waals surface area contributed by atoms with E-state index in [9.17, 15) is 9.90 Å². The number of carbonyl (C=O) groups excluding carboxylic acids is 1. The molecule has 1 aliphatic rings. The van der Waals surface area contributed by atoms with E-state index in [-0.39, 0.29) is 5.78 Å². The molecule has 1 N–H and O–H groups in total. The first-order valence-electron chi connectivity index (χ1n) is 10.7. The Hall–Kier alpha value is -1.91. The number of ketones is 1. The quantitative estimate of drug-likeness (QED) is 0.428. The summed E-state index contributed by atoms with van der Waals surface area (Å²) in [7, 11) is 0. The molecule has 1 heterocycles. The van der Waals surface area contributed by atoms with Gasteiger partial charge in [0.15, 0.2) is 5.78 Å². The third kappa shape index (κ3) is 4.49. The average molecular weight is 454 g/mol. The Bertz CT molecular complexity index is 1000. The minimum Gasteiger partial charge on any atom is -0.388 e. The number of aliphatic hydroxyl groups is 1. The van der Waals surface area contributed by atoms with Crippen molar-refractivity contribution >= 4 is 32.6 Å². The van der Waals surface area contributed by atoms with Crippen LogP contribution in [0.5, 0.6) is 0 Å². The third-order valence-electron chi connectivity index (χ3n) is 6.23. The molecule has 0 saturated heterocycles. The molecule has 3 nitrogen and oxygen atoms in total. The van der Waals surface area contributed by atoms with Gasteiger partial charge in [0.05, 0.1) is 0 Å². The van der Waals surface area contributed by atoms with Crippen LogP contribution in [0.25, 0.3) is 10.9 Å². The molecule has 1 fully saturated rings. The van der Waals surface area contributed by atoms with Gasteiger partial charge in [-0.15, -0.1) is 0 Å². The zero-order valence-electron chi connectivity index (χ0n) is 16.7. The highest BCUT2D eigenvalue weighted by Crippen LogP contribution is 2.38. The maximum absolute atomic E-state index is 12.0. The molecule has 0 atom stereocenters. The highest BCUT2D eigenvalue weighted by molar-refractivity contribution is 9.10. The van der Waals surface area contributed by atoms with Gasteiger partial charge in [-0.1, -0.05) is 65.5 Å². The van der Waals surface area contributed by atoms with Crippen LogP contribution in [0.3, 0.4) is 0 Å². The predicted octanol–water partition coefficient (Wildman–Crippen LogP) is 6.26. The summed E-state index contributed by atoms with van der Waals surface area (Å²) in [6, 6.07) is 14.3. The van der Waals surface area contributed by atoms with Gasteiger partial charge < -0.3 is 9.67 Å². The maximum Gasteiger partial charge on any atom is 0.188 e. The summed E-state index contributed by atoms with van der Waals surface area (Å²) >= 11 is 3.64. The van der Waals surface area contributed by atoms with E-state index < -0.39 is 6.61 Å². The molecule has 1 aliphatic carbocycles. The second-order valence-electron chi connectivity index (χ2n) is 8.12. The van der Waals surface area contributed by atoms with Crippen LogP contribution in [0.4, 0.5) is 0 Å². The first kappa shape index (κ1) is 20.4. The van der Waals surface area contributed by atoms with E-state index >= 15 is 0 Å². The van der Waals surface area contributed by atoms with Crippen molar-refractivity contribution in [1.29, 1.82) is 0 Å². The highest BCUT2D eigenvalue weighted by atomic mass is 79.9. The molecular weight excluding hydrogens is 426 g/mol. The summed E-state index contributed by atoms with van der Waals surface area (Å²) in [6.07, 6.45) is 10.8. The Morgan fingerprint density at radius 1 is 1.10 bits per heavy atom. The lowest BCUT2D eigenvalue weighted by Crippen LogP contribution is -2.05. The molecule has 3 aromatic rings. The molecule has 0 aliphatic heterocycles. The molecule has 0 radical (unpaired) electrons. The molecule has 29 heavy (non-hydrogen) atoms. The number of Topliss-reactive ketones (excluding diaryl/α,β-unsaturated/α-hetero) is 1. The molecular formula is C25H28BrNO2. The number of fused-ring (bicyclic) bond motifs is 1. The van der Waals surface area contributed by atoms with Crippen molar-refractivity contribution in [3.63, 3.8) is 0 Å². The first-order chi connectivity index (χ1) is 14.2. The lowest BCUT2D eigenvalue weighted by molar-refractivity contribution is 0.0904. The van der Waals surface area contributed by atoms with Crippen LogP contribution in [0.2, 0.25) is 0 Å². The summed E-state index contributed by atoms with van der Waals surface area (Å²) in [5.41, 5.74) is 4.48. The van der Waals surface area contributed by atoms with Gasteiger partial charge in [0.25, 0.3) is 0 Å². The number of hydrogen-bond donors (Lipinski definition) is 1. The molecule has 4 rings (SSSR count). The molecule has 0 spiro atoms. The van der Waals surface area contributed by atoms with Crippen molar-refractivity contribution in [2.24, 2.45) is 0 Å². The van der Waals surface area contributed by atoms with E-state index in [2.05, 4.69) is 51.0 Å². The lowest BCUT2D eigenvalue weighted by atomic mass is 9.84. The van der Waals surface area contributed by atoms with Gasteiger partial charge >= 0.3 is 0 Å². The van der Waals surface area contributed by atoms with Crippen molar-refractivity contribution < 1.29 is 9.90 Å². The summed E-state index contributed by atoms with van der Waals surface area (Å²) in [6.45, 7) is 0.477. The first-order valence-corrected chi connectivity index (χ1v) is 11.5. The topological polar surface area (TPSA) is 42.2 Å². The van der Waals surface area contributed by atoms with Gasteiger partial charge in [0.1, 0.15) is 6.61 Å². The summed E-state index contributed by atoms with van der Waals surface area (Å²) in [4.78, 5) is 12.0. The number of hydrogen-bond acceptors (Lipinski definition) is 2. The fraction of sp³-hybridized carbons (Fsp3) is 0.400. The predicted molar refractivity (Wildman–Crippen MR) is 122 cm³/mol.